The lowest BCUT2D eigenvalue weighted by Crippen LogP contribution is -2.00. The molecule has 0 amide bonds. The predicted octanol–water partition coefficient (Wildman–Crippen LogP) is 3.42. The zero-order valence-corrected chi connectivity index (χ0v) is 11.3. The second-order valence-corrected chi connectivity index (χ2v) is 5.07. The van der Waals surface area contributed by atoms with E-state index in [0.717, 1.165) is 24.1 Å². The zero-order valence-electron chi connectivity index (χ0n) is 11.3. The van der Waals surface area contributed by atoms with Gasteiger partial charge in [0.1, 0.15) is 5.82 Å². The number of anilines is 1. The lowest BCUT2D eigenvalue weighted by molar-refractivity contribution is 0.649. The summed E-state index contributed by atoms with van der Waals surface area (Å²) < 4.78 is 0. The number of H-pyrrole nitrogens is 1. The van der Waals surface area contributed by atoms with Gasteiger partial charge in [-0.3, -0.25) is 5.10 Å². The third-order valence-corrected chi connectivity index (χ3v) is 3.18. The first-order valence-corrected chi connectivity index (χ1v) is 6.54. The van der Waals surface area contributed by atoms with Crippen LogP contribution in [0, 0.1) is 5.92 Å². The Balaban J connectivity index is 2.50. The third kappa shape index (κ3) is 2.40. The van der Waals surface area contributed by atoms with Gasteiger partial charge in [-0.1, -0.05) is 45.0 Å². The Morgan fingerprint density at radius 1 is 1.28 bits per heavy atom. The van der Waals surface area contributed by atoms with Crippen molar-refractivity contribution in [3.8, 4) is 11.3 Å². The van der Waals surface area contributed by atoms with Crippen LogP contribution < -0.4 is 5.73 Å². The lowest BCUT2D eigenvalue weighted by atomic mass is 9.95. The van der Waals surface area contributed by atoms with E-state index < -0.39 is 0 Å². The Morgan fingerprint density at radius 3 is 2.67 bits per heavy atom. The Labute approximate surface area is 108 Å². The molecule has 3 nitrogen and oxygen atoms in total. The molecule has 3 N–H and O–H groups in total. The first-order valence-electron chi connectivity index (χ1n) is 6.54. The number of nitrogens with zero attached hydrogens (tertiary/aromatic N) is 1. The Bertz CT molecular complexity index is 526. The number of benzene rings is 1. The lowest BCUT2D eigenvalue weighted by Gasteiger charge is -2.10. The summed E-state index contributed by atoms with van der Waals surface area (Å²) in [7, 11) is 0. The van der Waals surface area contributed by atoms with Gasteiger partial charge in [0.05, 0.1) is 5.69 Å². The number of aromatic nitrogens is 2. The van der Waals surface area contributed by atoms with E-state index in [-0.39, 0.29) is 0 Å². The Hall–Kier alpha value is -1.77. The van der Waals surface area contributed by atoms with Gasteiger partial charge >= 0.3 is 0 Å². The molecule has 0 saturated heterocycles. The van der Waals surface area contributed by atoms with Crippen LogP contribution in [0.5, 0.6) is 0 Å². The molecule has 2 aromatic rings. The summed E-state index contributed by atoms with van der Waals surface area (Å²) in [5.74, 6) is 1.20. The van der Waals surface area contributed by atoms with Gasteiger partial charge in [0.15, 0.2) is 0 Å². The number of nitrogen functional groups attached to an aromatic ring is 1. The molecule has 0 saturated carbocycles. The molecular formula is C15H21N3. The van der Waals surface area contributed by atoms with Gasteiger partial charge in [-0.2, -0.15) is 5.10 Å². The van der Waals surface area contributed by atoms with E-state index in [1.165, 1.54) is 11.1 Å². The minimum absolute atomic E-state index is 0.567. The van der Waals surface area contributed by atoms with Crippen LogP contribution in [0.15, 0.2) is 24.3 Å². The fourth-order valence-corrected chi connectivity index (χ4v) is 2.29. The summed E-state index contributed by atoms with van der Waals surface area (Å²) in [5.41, 5.74) is 10.7. The number of nitrogens with one attached hydrogen (secondary N) is 1. The van der Waals surface area contributed by atoms with Crippen LogP contribution in [-0.2, 0) is 12.8 Å². The van der Waals surface area contributed by atoms with Gasteiger partial charge in [0.25, 0.3) is 0 Å². The molecule has 1 heterocycles. The molecule has 0 atom stereocenters. The first kappa shape index (κ1) is 12.7. The van der Waals surface area contributed by atoms with Crippen molar-refractivity contribution in [1.82, 2.24) is 10.2 Å². The molecule has 1 aromatic carbocycles. The molecule has 0 spiro atoms. The molecular weight excluding hydrogens is 222 g/mol. The quantitative estimate of drug-likeness (QED) is 0.864. The van der Waals surface area contributed by atoms with Gasteiger partial charge in [-0.25, -0.2) is 0 Å². The Morgan fingerprint density at radius 2 is 2.00 bits per heavy atom. The third-order valence-electron chi connectivity index (χ3n) is 3.18. The number of rotatable bonds is 4. The van der Waals surface area contributed by atoms with Gasteiger partial charge in [-0.05, 0) is 24.3 Å². The van der Waals surface area contributed by atoms with Crippen molar-refractivity contribution in [1.29, 1.82) is 0 Å². The average molecular weight is 243 g/mol. The maximum absolute atomic E-state index is 5.98. The summed E-state index contributed by atoms with van der Waals surface area (Å²) in [6.45, 7) is 6.56. The molecule has 96 valence electrons. The van der Waals surface area contributed by atoms with Crippen LogP contribution in [0.25, 0.3) is 11.3 Å². The summed E-state index contributed by atoms with van der Waals surface area (Å²) >= 11 is 0. The molecule has 0 radical (unpaired) electrons. The fourth-order valence-electron chi connectivity index (χ4n) is 2.29. The maximum Gasteiger partial charge on any atom is 0.149 e. The number of hydrogen-bond donors (Lipinski definition) is 2. The van der Waals surface area contributed by atoms with E-state index in [1.807, 2.05) is 0 Å². The molecule has 2 rings (SSSR count). The number of hydrogen-bond acceptors (Lipinski definition) is 2. The fraction of sp³-hybridized carbons (Fsp3) is 0.400. The number of aryl methyl sites for hydroxylation is 1. The summed E-state index contributed by atoms with van der Waals surface area (Å²) in [5, 5.41) is 7.27. The molecule has 0 aliphatic rings. The first-order chi connectivity index (χ1) is 8.63. The van der Waals surface area contributed by atoms with E-state index in [1.54, 1.807) is 0 Å². The van der Waals surface area contributed by atoms with Crippen molar-refractivity contribution in [3.63, 3.8) is 0 Å². The molecule has 3 heteroatoms. The van der Waals surface area contributed by atoms with E-state index in [2.05, 4.69) is 55.2 Å². The van der Waals surface area contributed by atoms with Crippen LogP contribution in [-0.4, -0.2) is 10.2 Å². The van der Waals surface area contributed by atoms with Crippen molar-refractivity contribution in [2.75, 3.05) is 5.73 Å². The van der Waals surface area contributed by atoms with E-state index in [4.69, 9.17) is 5.73 Å². The second-order valence-electron chi connectivity index (χ2n) is 5.07. The zero-order chi connectivity index (χ0) is 13.1. The Kier molecular flexibility index (Phi) is 3.70. The smallest absolute Gasteiger partial charge is 0.149 e. The van der Waals surface area contributed by atoms with Crippen LogP contribution >= 0.6 is 0 Å². The highest BCUT2D eigenvalue weighted by Gasteiger charge is 2.15. The number of nitrogens with two attached hydrogens (primary N) is 1. The number of aromatic amines is 1. The molecule has 0 fully saturated rings. The van der Waals surface area contributed by atoms with E-state index in [0.29, 0.717) is 11.7 Å². The SMILES string of the molecule is CCc1ccccc1-c1[nH]nc(N)c1CC(C)C. The van der Waals surface area contributed by atoms with Crippen LogP contribution in [0.4, 0.5) is 5.82 Å². The van der Waals surface area contributed by atoms with Crippen molar-refractivity contribution in [2.24, 2.45) is 5.92 Å². The topological polar surface area (TPSA) is 54.7 Å². The van der Waals surface area contributed by atoms with Gasteiger partial charge in [0, 0.05) is 11.1 Å². The molecule has 0 unspecified atom stereocenters. The standard InChI is InChI=1S/C15H21N3/c1-4-11-7-5-6-8-12(11)14-13(9-10(2)3)15(16)18-17-14/h5-8,10H,4,9H2,1-3H3,(H3,16,17,18). The highest BCUT2D eigenvalue weighted by molar-refractivity contribution is 5.71. The normalized spacial score (nSPS) is 11.1. The van der Waals surface area contributed by atoms with Crippen molar-refractivity contribution >= 4 is 5.82 Å². The van der Waals surface area contributed by atoms with Crippen molar-refractivity contribution in [2.45, 2.75) is 33.6 Å². The van der Waals surface area contributed by atoms with Gasteiger partial charge in [0.2, 0.25) is 0 Å². The summed E-state index contributed by atoms with van der Waals surface area (Å²) in [4.78, 5) is 0. The van der Waals surface area contributed by atoms with E-state index in [9.17, 15) is 0 Å². The molecule has 18 heavy (non-hydrogen) atoms. The monoisotopic (exact) mass is 243 g/mol. The second kappa shape index (κ2) is 5.25. The van der Waals surface area contributed by atoms with Crippen molar-refractivity contribution < 1.29 is 0 Å². The highest BCUT2D eigenvalue weighted by Crippen LogP contribution is 2.30. The van der Waals surface area contributed by atoms with Crippen molar-refractivity contribution in [3.05, 3.63) is 35.4 Å². The summed E-state index contributed by atoms with van der Waals surface area (Å²) in [6.07, 6.45) is 1.96. The van der Waals surface area contributed by atoms with Crippen LogP contribution in [0.2, 0.25) is 0 Å². The minimum Gasteiger partial charge on any atom is -0.382 e. The van der Waals surface area contributed by atoms with E-state index >= 15 is 0 Å². The molecule has 0 aliphatic carbocycles. The van der Waals surface area contributed by atoms with Gasteiger partial charge in [-0.15, -0.1) is 0 Å². The molecule has 0 bridgehead atoms. The minimum atomic E-state index is 0.567. The van der Waals surface area contributed by atoms with Crippen LogP contribution in [0.1, 0.15) is 31.9 Å². The predicted molar refractivity (Wildman–Crippen MR) is 76.4 cm³/mol. The largest absolute Gasteiger partial charge is 0.382 e. The molecule has 0 aliphatic heterocycles. The van der Waals surface area contributed by atoms with Gasteiger partial charge < -0.3 is 5.73 Å². The summed E-state index contributed by atoms with van der Waals surface area (Å²) in [6, 6.07) is 8.43. The van der Waals surface area contributed by atoms with Crippen LogP contribution in [0.3, 0.4) is 0 Å². The maximum atomic E-state index is 5.98. The average Bonchev–Trinajstić information content (AvgIpc) is 2.70. The highest BCUT2D eigenvalue weighted by atomic mass is 15.2. The molecule has 1 aromatic heterocycles.